The van der Waals surface area contributed by atoms with Gasteiger partial charge in [-0.1, -0.05) is 25.0 Å². The Bertz CT molecular complexity index is 309. The minimum absolute atomic E-state index is 0.325. The highest BCUT2D eigenvalue weighted by Gasteiger charge is 2.22. The van der Waals surface area contributed by atoms with Crippen LogP contribution in [0.3, 0.4) is 0 Å². The van der Waals surface area contributed by atoms with E-state index < -0.39 is 0 Å². The van der Waals surface area contributed by atoms with Crippen molar-refractivity contribution in [2.45, 2.75) is 37.6 Å². The van der Waals surface area contributed by atoms with Crippen molar-refractivity contribution in [3.8, 4) is 0 Å². The molecule has 0 aromatic heterocycles. The molecule has 0 spiro atoms. The van der Waals surface area contributed by atoms with E-state index in [1.165, 1.54) is 24.8 Å². The molecule has 0 amide bonds. The second kappa shape index (κ2) is 4.01. The largest absolute Gasteiger partial charge is 0.399 e. The van der Waals surface area contributed by atoms with Gasteiger partial charge in [0.15, 0.2) is 0 Å². The number of benzene rings is 1. The summed E-state index contributed by atoms with van der Waals surface area (Å²) < 4.78 is 0. The van der Waals surface area contributed by atoms with E-state index in [0.29, 0.717) is 12.0 Å². The van der Waals surface area contributed by atoms with E-state index in [0.717, 1.165) is 12.1 Å². The lowest BCUT2D eigenvalue weighted by molar-refractivity contribution is 0.385. The second-order valence-corrected chi connectivity index (χ2v) is 4.22. The summed E-state index contributed by atoms with van der Waals surface area (Å²) in [5.74, 6) is 0.521. The van der Waals surface area contributed by atoms with Crippen molar-refractivity contribution < 1.29 is 0 Å². The first kappa shape index (κ1) is 9.53. The van der Waals surface area contributed by atoms with Gasteiger partial charge in [0.1, 0.15) is 0 Å². The zero-order valence-electron chi connectivity index (χ0n) is 8.45. The Balaban J connectivity index is 2.20. The van der Waals surface area contributed by atoms with Gasteiger partial charge in [0.2, 0.25) is 0 Å². The summed E-state index contributed by atoms with van der Waals surface area (Å²) in [5.41, 5.74) is 14.1. The standard InChI is InChI=1S/C12H18N2/c13-10-5-3-4-9(8-10)11-6-1-2-7-12(11)14/h3-5,8,11-12H,1-2,6-7,13-14H2/t11-,12+/m1/s1. The highest BCUT2D eigenvalue weighted by molar-refractivity contribution is 5.42. The topological polar surface area (TPSA) is 52.0 Å². The zero-order valence-corrected chi connectivity index (χ0v) is 8.45. The van der Waals surface area contributed by atoms with Crippen molar-refractivity contribution in [1.29, 1.82) is 0 Å². The van der Waals surface area contributed by atoms with Gasteiger partial charge in [-0.15, -0.1) is 0 Å². The van der Waals surface area contributed by atoms with Crippen molar-refractivity contribution in [3.05, 3.63) is 29.8 Å². The fourth-order valence-corrected chi connectivity index (χ4v) is 2.36. The summed E-state index contributed by atoms with van der Waals surface area (Å²) in [7, 11) is 0. The lowest BCUT2D eigenvalue weighted by atomic mass is 9.80. The number of rotatable bonds is 1. The Morgan fingerprint density at radius 2 is 1.93 bits per heavy atom. The zero-order chi connectivity index (χ0) is 9.97. The van der Waals surface area contributed by atoms with Gasteiger partial charge in [-0.3, -0.25) is 0 Å². The van der Waals surface area contributed by atoms with Crippen LogP contribution in [0, 0.1) is 0 Å². The fourth-order valence-electron chi connectivity index (χ4n) is 2.36. The molecule has 2 rings (SSSR count). The van der Waals surface area contributed by atoms with Crippen LogP contribution in [-0.4, -0.2) is 6.04 Å². The lowest BCUT2D eigenvalue weighted by Gasteiger charge is -2.29. The van der Waals surface area contributed by atoms with Gasteiger partial charge >= 0.3 is 0 Å². The van der Waals surface area contributed by atoms with Crippen LogP contribution < -0.4 is 11.5 Å². The Morgan fingerprint density at radius 1 is 1.14 bits per heavy atom. The van der Waals surface area contributed by atoms with Crippen LogP contribution in [0.25, 0.3) is 0 Å². The molecule has 0 radical (unpaired) electrons. The molecule has 2 heteroatoms. The SMILES string of the molecule is Nc1cccc([C@H]2CCCC[C@@H]2N)c1. The summed E-state index contributed by atoms with van der Waals surface area (Å²) >= 11 is 0. The van der Waals surface area contributed by atoms with E-state index in [1.54, 1.807) is 0 Å². The molecular formula is C12H18N2. The van der Waals surface area contributed by atoms with Crippen LogP contribution in [0.4, 0.5) is 5.69 Å². The van der Waals surface area contributed by atoms with Gasteiger partial charge in [-0.25, -0.2) is 0 Å². The van der Waals surface area contributed by atoms with Crippen LogP contribution in [0.15, 0.2) is 24.3 Å². The summed E-state index contributed by atoms with van der Waals surface area (Å²) in [6.07, 6.45) is 4.94. The quantitative estimate of drug-likeness (QED) is 0.667. The minimum Gasteiger partial charge on any atom is -0.399 e. The summed E-state index contributed by atoms with van der Waals surface area (Å²) in [4.78, 5) is 0. The van der Waals surface area contributed by atoms with Crippen LogP contribution in [0.2, 0.25) is 0 Å². The van der Waals surface area contributed by atoms with Gasteiger partial charge < -0.3 is 11.5 Å². The molecule has 1 fully saturated rings. The predicted molar refractivity (Wildman–Crippen MR) is 60.0 cm³/mol. The van der Waals surface area contributed by atoms with Gasteiger partial charge in [-0.05, 0) is 36.5 Å². The molecule has 1 aliphatic carbocycles. The van der Waals surface area contributed by atoms with E-state index in [4.69, 9.17) is 11.5 Å². The predicted octanol–water partition coefficient (Wildman–Crippen LogP) is 2.25. The highest BCUT2D eigenvalue weighted by Crippen LogP contribution is 2.32. The first-order chi connectivity index (χ1) is 6.77. The van der Waals surface area contributed by atoms with Crippen LogP contribution in [-0.2, 0) is 0 Å². The molecule has 0 unspecified atom stereocenters. The number of nitrogens with two attached hydrogens (primary N) is 2. The minimum atomic E-state index is 0.325. The molecule has 1 aliphatic rings. The average Bonchev–Trinajstić information content (AvgIpc) is 2.18. The number of nitrogen functional groups attached to an aromatic ring is 1. The number of hydrogen-bond donors (Lipinski definition) is 2. The van der Waals surface area contributed by atoms with Gasteiger partial charge in [0.25, 0.3) is 0 Å². The van der Waals surface area contributed by atoms with Crippen molar-refractivity contribution >= 4 is 5.69 Å². The van der Waals surface area contributed by atoms with Crippen LogP contribution in [0.5, 0.6) is 0 Å². The Kier molecular flexibility index (Phi) is 2.73. The molecule has 4 N–H and O–H groups in total. The van der Waals surface area contributed by atoms with E-state index >= 15 is 0 Å². The molecule has 14 heavy (non-hydrogen) atoms. The van der Waals surface area contributed by atoms with E-state index in [2.05, 4.69) is 12.1 Å². The number of anilines is 1. The molecule has 0 heterocycles. The molecule has 1 aromatic rings. The summed E-state index contributed by atoms with van der Waals surface area (Å²) in [6.45, 7) is 0. The molecule has 1 saturated carbocycles. The molecule has 76 valence electrons. The van der Waals surface area contributed by atoms with Crippen LogP contribution >= 0.6 is 0 Å². The number of hydrogen-bond acceptors (Lipinski definition) is 2. The molecule has 2 nitrogen and oxygen atoms in total. The third-order valence-electron chi connectivity index (χ3n) is 3.16. The van der Waals surface area contributed by atoms with Gasteiger partial charge in [-0.2, -0.15) is 0 Å². The monoisotopic (exact) mass is 190 g/mol. The van der Waals surface area contributed by atoms with E-state index in [-0.39, 0.29) is 0 Å². The molecular weight excluding hydrogens is 172 g/mol. The van der Waals surface area contributed by atoms with Gasteiger partial charge in [0, 0.05) is 11.7 Å². The summed E-state index contributed by atoms with van der Waals surface area (Å²) in [5, 5.41) is 0. The van der Waals surface area contributed by atoms with Crippen molar-refractivity contribution in [2.24, 2.45) is 5.73 Å². The Morgan fingerprint density at radius 3 is 2.64 bits per heavy atom. The normalized spacial score (nSPS) is 27.5. The first-order valence-corrected chi connectivity index (χ1v) is 5.38. The average molecular weight is 190 g/mol. The highest BCUT2D eigenvalue weighted by atomic mass is 14.7. The Hall–Kier alpha value is -1.02. The molecule has 0 saturated heterocycles. The first-order valence-electron chi connectivity index (χ1n) is 5.38. The Labute approximate surface area is 85.3 Å². The smallest absolute Gasteiger partial charge is 0.0316 e. The lowest BCUT2D eigenvalue weighted by Crippen LogP contribution is -2.31. The van der Waals surface area contributed by atoms with Crippen molar-refractivity contribution in [2.75, 3.05) is 5.73 Å². The second-order valence-electron chi connectivity index (χ2n) is 4.22. The molecule has 0 bridgehead atoms. The van der Waals surface area contributed by atoms with Crippen molar-refractivity contribution in [1.82, 2.24) is 0 Å². The maximum absolute atomic E-state index is 6.12. The summed E-state index contributed by atoms with van der Waals surface area (Å²) in [6, 6.07) is 8.48. The van der Waals surface area contributed by atoms with Crippen molar-refractivity contribution in [3.63, 3.8) is 0 Å². The fraction of sp³-hybridized carbons (Fsp3) is 0.500. The van der Waals surface area contributed by atoms with Gasteiger partial charge in [0.05, 0.1) is 0 Å². The molecule has 2 atom stereocenters. The molecule has 1 aromatic carbocycles. The third-order valence-corrected chi connectivity index (χ3v) is 3.16. The van der Waals surface area contributed by atoms with E-state index in [1.807, 2.05) is 12.1 Å². The van der Waals surface area contributed by atoms with E-state index in [9.17, 15) is 0 Å². The molecule has 0 aliphatic heterocycles. The third kappa shape index (κ3) is 1.90. The maximum Gasteiger partial charge on any atom is 0.0316 e. The van der Waals surface area contributed by atoms with Crippen LogP contribution in [0.1, 0.15) is 37.2 Å². The maximum atomic E-state index is 6.12.